The van der Waals surface area contributed by atoms with Crippen LogP contribution in [0.3, 0.4) is 0 Å². The van der Waals surface area contributed by atoms with Crippen LogP contribution in [0.1, 0.15) is 28.4 Å². The molecule has 1 N–H and O–H groups in total. The number of benzene rings is 2. The molecule has 1 heterocycles. The maximum Gasteiger partial charge on any atom is 0.407 e. The van der Waals surface area contributed by atoms with Crippen molar-refractivity contribution in [2.45, 2.75) is 31.2 Å². The maximum atomic E-state index is 13.4. The second-order valence-corrected chi connectivity index (χ2v) is 9.29. The minimum absolute atomic E-state index is 0.0873. The number of rotatable bonds is 7. The Hall–Kier alpha value is -3.66. The molecule has 0 aliphatic heterocycles. The third-order valence-electron chi connectivity index (χ3n) is 5.22. The van der Waals surface area contributed by atoms with Crippen molar-refractivity contribution in [3.63, 3.8) is 0 Å². The van der Waals surface area contributed by atoms with Gasteiger partial charge in [-0.15, -0.1) is 0 Å². The number of ketones is 1. The Morgan fingerprint density at radius 3 is 2.27 bits per heavy atom. The van der Waals surface area contributed by atoms with E-state index in [-0.39, 0.29) is 17.1 Å². The van der Waals surface area contributed by atoms with Gasteiger partial charge < -0.3 is 14.8 Å². The number of alkyl carbamates (subject to hydrolysis) is 1. The number of ether oxygens (including phenoxy) is 2. The van der Waals surface area contributed by atoms with E-state index in [1.807, 2.05) is 6.92 Å². The van der Waals surface area contributed by atoms with Crippen molar-refractivity contribution in [1.82, 2.24) is 9.29 Å². The van der Waals surface area contributed by atoms with E-state index in [2.05, 4.69) is 10.1 Å². The van der Waals surface area contributed by atoms with Gasteiger partial charge in [-0.2, -0.15) is 0 Å². The standard InChI is InChI=1S/C23H24N2O7S/c1-14-5-8-18(9-6-14)33(29,30)25-13-17(12-20(22(27)31-3)24-23(28)32-4)19-11-16(15(2)26)7-10-21(19)25/h5-11,13,20H,12H2,1-4H3,(H,24,28)/t20-/m0/s1. The number of hydrogen-bond acceptors (Lipinski definition) is 7. The summed E-state index contributed by atoms with van der Waals surface area (Å²) in [5.41, 5.74) is 2.05. The molecule has 3 aromatic rings. The lowest BCUT2D eigenvalue weighted by Crippen LogP contribution is -2.43. The number of fused-ring (bicyclic) bond motifs is 1. The lowest BCUT2D eigenvalue weighted by molar-refractivity contribution is -0.142. The molecule has 0 saturated heterocycles. The fourth-order valence-corrected chi connectivity index (χ4v) is 4.82. The molecule has 1 amide bonds. The molecule has 0 saturated carbocycles. The van der Waals surface area contributed by atoms with Gasteiger partial charge in [0.05, 0.1) is 24.6 Å². The van der Waals surface area contributed by atoms with Crippen LogP contribution >= 0.6 is 0 Å². The molecule has 0 unspecified atom stereocenters. The Morgan fingerprint density at radius 2 is 1.70 bits per heavy atom. The van der Waals surface area contributed by atoms with Crippen LogP contribution in [0.15, 0.2) is 53.6 Å². The first-order valence-corrected chi connectivity index (χ1v) is 11.4. The van der Waals surface area contributed by atoms with Gasteiger partial charge in [0.1, 0.15) is 6.04 Å². The fraction of sp³-hybridized carbons (Fsp3) is 0.261. The second-order valence-electron chi connectivity index (χ2n) is 7.47. The Balaban J connectivity index is 2.19. The van der Waals surface area contributed by atoms with Gasteiger partial charge in [-0.1, -0.05) is 17.7 Å². The highest BCUT2D eigenvalue weighted by Gasteiger charge is 2.27. The quantitative estimate of drug-likeness (QED) is 0.415. The first kappa shape index (κ1) is 24.0. The molecule has 0 fully saturated rings. The summed E-state index contributed by atoms with van der Waals surface area (Å²) < 4.78 is 37.3. The Kier molecular flexibility index (Phi) is 6.87. The number of carbonyl (C=O) groups excluding carboxylic acids is 3. The number of nitrogens with zero attached hydrogens (tertiary/aromatic N) is 1. The van der Waals surface area contributed by atoms with E-state index in [0.29, 0.717) is 22.0 Å². The molecule has 0 radical (unpaired) electrons. The molecule has 3 rings (SSSR count). The number of esters is 1. The largest absolute Gasteiger partial charge is 0.467 e. The van der Waals surface area contributed by atoms with Crippen molar-refractivity contribution >= 4 is 38.8 Å². The lowest BCUT2D eigenvalue weighted by atomic mass is 10.0. The monoisotopic (exact) mass is 472 g/mol. The Bertz CT molecular complexity index is 1320. The predicted molar refractivity (Wildman–Crippen MR) is 121 cm³/mol. The van der Waals surface area contributed by atoms with Gasteiger partial charge in [0.2, 0.25) is 0 Å². The number of aromatic nitrogens is 1. The highest BCUT2D eigenvalue weighted by molar-refractivity contribution is 7.90. The van der Waals surface area contributed by atoms with E-state index in [0.717, 1.165) is 16.6 Å². The second kappa shape index (κ2) is 9.45. The molecule has 33 heavy (non-hydrogen) atoms. The molecular weight excluding hydrogens is 448 g/mol. The Labute approximate surface area is 191 Å². The lowest BCUT2D eigenvalue weighted by Gasteiger charge is -2.15. The Morgan fingerprint density at radius 1 is 1.03 bits per heavy atom. The fourth-order valence-electron chi connectivity index (χ4n) is 3.43. The summed E-state index contributed by atoms with van der Waals surface area (Å²) in [5, 5.41) is 2.85. The number of aryl methyl sites for hydroxylation is 1. The molecule has 9 nitrogen and oxygen atoms in total. The molecule has 1 atom stereocenters. The number of amides is 1. The van der Waals surface area contributed by atoms with E-state index in [4.69, 9.17) is 4.74 Å². The van der Waals surface area contributed by atoms with Crippen LogP contribution in [0.25, 0.3) is 10.9 Å². The third-order valence-corrected chi connectivity index (χ3v) is 6.91. The molecule has 174 valence electrons. The smallest absolute Gasteiger partial charge is 0.407 e. The van der Waals surface area contributed by atoms with Crippen molar-refractivity contribution in [3.8, 4) is 0 Å². The topological polar surface area (TPSA) is 121 Å². The minimum Gasteiger partial charge on any atom is -0.467 e. The van der Waals surface area contributed by atoms with E-state index in [9.17, 15) is 22.8 Å². The highest BCUT2D eigenvalue weighted by atomic mass is 32.2. The summed E-state index contributed by atoms with van der Waals surface area (Å²) in [6, 6.07) is 9.93. The molecule has 0 bridgehead atoms. The molecule has 0 spiro atoms. The maximum absolute atomic E-state index is 13.4. The van der Waals surface area contributed by atoms with Gasteiger partial charge in [-0.25, -0.2) is 22.0 Å². The molecule has 2 aromatic carbocycles. The number of carbonyl (C=O) groups is 3. The molecule has 0 aliphatic carbocycles. The van der Waals surface area contributed by atoms with Gasteiger partial charge >= 0.3 is 12.1 Å². The average molecular weight is 473 g/mol. The van der Waals surface area contributed by atoms with Crippen LogP contribution in [0.2, 0.25) is 0 Å². The van der Waals surface area contributed by atoms with Crippen LogP contribution in [0, 0.1) is 6.92 Å². The SMILES string of the molecule is COC(=O)N[C@@H](Cc1cn(S(=O)(=O)c2ccc(C)cc2)c2ccc(C(C)=O)cc12)C(=O)OC. The highest BCUT2D eigenvalue weighted by Crippen LogP contribution is 2.28. The van der Waals surface area contributed by atoms with Gasteiger partial charge in [0.25, 0.3) is 10.0 Å². The number of nitrogens with one attached hydrogen (secondary N) is 1. The van der Waals surface area contributed by atoms with E-state index in [1.54, 1.807) is 30.3 Å². The van der Waals surface area contributed by atoms with Gasteiger partial charge in [0, 0.05) is 23.6 Å². The molecular formula is C23H24N2O7S. The summed E-state index contributed by atoms with van der Waals surface area (Å²) >= 11 is 0. The summed E-state index contributed by atoms with van der Waals surface area (Å²) in [4.78, 5) is 36.0. The van der Waals surface area contributed by atoms with Crippen molar-refractivity contribution in [1.29, 1.82) is 0 Å². The summed E-state index contributed by atoms with van der Waals surface area (Å²) in [6.07, 6.45) is 0.459. The van der Waals surface area contributed by atoms with Crippen LogP contribution in [-0.2, 0) is 30.7 Å². The van der Waals surface area contributed by atoms with Crippen LogP contribution in [0.4, 0.5) is 4.79 Å². The van der Waals surface area contributed by atoms with E-state index < -0.39 is 28.1 Å². The zero-order valence-corrected chi connectivity index (χ0v) is 19.4. The number of hydrogen-bond donors (Lipinski definition) is 1. The third kappa shape index (κ3) is 4.90. The van der Waals surface area contributed by atoms with E-state index in [1.165, 1.54) is 32.4 Å². The molecule has 10 heteroatoms. The first-order chi connectivity index (χ1) is 15.6. The predicted octanol–water partition coefficient (Wildman–Crippen LogP) is 2.83. The van der Waals surface area contributed by atoms with Crippen molar-refractivity contribution in [2.24, 2.45) is 0 Å². The van der Waals surface area contributed by atoms with Crippen molar-refractivity contribution < 1.29 is 32.3 Å². The first-order valence-electron chi connectivity index (χ1n) is 9.98. The zero-order valence-electron chi connectivity index (χ0n) is 18.6. The van der Waals surface area contributed by atoms with Crippen LogP contribution < -0.4 is 5.32 Å². The zero-order chi connectivity index (χ0) is 24.3. The normalized spacial score (nSPS) is 12.2. The van der Waals surface area contributed by atoms with Crippen LogP contribution in [-0.4, -0.2) is 50.5 Å². The number of methoxy groups -OCH3 is 2. The van der Waals surface area contributed by atoms with E-state index >= 15 is 0 Å². The van der Waals surface area contributed by atoms with Gasteiger partial charge in [-0.05, 0) is 49.7 Å². The van der Waals surface area contributed by atoms with Gasteiger partial charge in [-0.3, -0.25) is 4.79 Å². The van der Waals surface area contributed by atoms with Crippen LogP contribution in [0.5, 0.6) is 0 Å². The summed E-state index contributed by atoms with van der Waals surface area (Å²) in [6.45, 7) is 3.25. The van der Waals surface area contributed by atoms with Crippen molar-refractivity contribution in [2.75, 3.05) is 14.2 Å². The van der Waals surface area contributed by atoms with Crippen molar-refractivity contribution in [3.05, 3.63) is 65.4 Å². The number of Topliss-reactive ketones (excluding diaryl/α,β-unsaturated/α-hetero) is 1. The summed E-state index contributed by atoms with van der Waals surface area (Å²) in [5.74, 6) is -0.931. The van der Waals surface area contributed by atoms with Gasteiger partial charge in [0.15, 0.2) is 5.78 Å². The molecule has 1 aromatic heterocycles. The minimum atomic E-state index is -3.98. The molecule has 0 aliphatic rings. The summed E-state index contributed by atoms with van der Waals surface area (Å²) in [7, 11) is -1.65. The average Bonchev–Trinajstić information content (AvgIpc) is 3.16.